The number of hydrogen-bond acceptors (Lipinski definition) is 2. The molecule has 2 amide bonds. The van der Waals surface area contributed by atoms with Crippen LogP contribution in [0.3, 0.4) is 0 Å². The standard InChI is InChI=1S/C13H26N2O2/c1-8(2)11(15-10(4)16)12(17)14-9(3)13(5,6)7/h8-9,11H,1-7H3,(H,14,17)(H,15,16). The van der Waals surface area contributed by atoms with Crippen LogP contribution in [-0.2, 0) is 9.59 Å². The Bertz CT molecular complexity index is 280. The van der Waals surface area contributed by atoms with E-state index in [1.807, 2.05) is 20.8 Å². The van der Waals surface area contributed by atoms with Crippen molar-refractivity contribution in [3.63, 3.8) is 0 Å². The monoisotopic (exact) mass is 242 g/mol. The molecule has 0 bridgehead atoms. The van der Waals surface area contributed by atoms with E-state index in [1.54, 1.807) is 0 Å². The quantitative estimate of drug-likeness (QED) is 0.788. The number of hydrogen-bond donors (Lipinski definition) is 2. The van der Waals surface area contributed by atoms with E-state index < -0.39 is 6.04 Å². The smallest absolute Gasteiger partial charge is 0.243 e. The van der Waals surface area contributed by atoms with Gasteiger partial charge in [-0.2, -0.15) is 0 Å². The van der Waals surface area contributed by atoms with Gasteiger partial charge in [0.2, 0.25) is 11.8 Å². The Morgan fingerprint density at radius 2 is 1.47 bits per heavy atom. The zero-order valence-electron chi connectivity index (χ0n) is 12.0. The Kier molecular flexibility index (Phi) is 5.66. The number of rotatable bonds is 4. The van der Waals surface area contributed by atoms with E-state index in [2.05, 4.69) is 31.4 Å². The van der Waals surface area contributed by atoms with Crippen molar-refractivity contribution < 1.29 is 9.59 Å². The molecule has 17 heavy (non-hydrogen) atoms. The molecule has 0 heterocycles. The van der Waals surface area contributed by atoms with Gasteiger partial charge in [-0.3, -0.25) is 9.59 Å². The minimum absolute atomic E-state index is 0.00735. The molecular weight excluding hydrogens is 216 g/mol. The molecule has 0 aliphatic carbocycles. The first-order valence-electron chi connectivity index (χ1n) is 6.13. The van der Waals surface area contributed by atoms with Crippen molar-refractivity contribution in [2.24, 2.45) is 11.3 Å². The van der Waals surface area contributed by atoms with E-state index in [-0.39, 0.29) is 29.2 Å². The fraction of sp³-hybridized carbons (Fsp3) is 0.846. The number of carbonyl (C=O) groups is 2. The van der Waals surface area contributed by atoms with E-state index >= 15 is 0 Å². The SMILES string of the molecule is CC(=O)NC(C(=O)NC(C)C(C)(C)C)C(C)C. The highest BCUT2D eigenvalue weighted by molar-refractivity contribution is 5.87. The highest BCUT2D eigenvalue weighted by Crippen LogP contribution is 2.18. The molecule has 0 spiro atoms. The van der Waals surface area contributed by atoms with Gasteiger partial charge in [0.05, 0.1) is 0 Å². The summed E-state index contributed by atoms with van der Waals surface area (Å²) in [6.45, 7) is 13.4. The molecule has 0 saturated carbocycles. The maximum Gasteiger partial charge on any atom is 0.243 e. The van der Waals surface area contributed by atoms with Crippen LogP contribution in [-0.4, -0.2) is 23.9 Å². The van der Waals surface area contributed by atoms with Crippen LogP contribution in [0.5, 0.6) is 0 Å². The van der Waals surface area contributed by atoms with Crippen molar-refractivity contribution in [3.8, 4) is 0 Å². The van der Waals surface area contributed by atoms with Crippen LogP contribution in [0, 0.1) is 11.3 Å². The van der Waals surface area contributed by atoms with Crippen molar-refractivity contribution in [1.82, 2.24) is 10.6 Å². The lowest BCUT2D eigenvalue weighted by Crippen LogP contribution is -2.53. The molecule has 4 nitrogen and oxygen atoms in total. The number of nitrogens with one attached hydrogen (secondary N) is 2. The fourth-order valence-electron chi connectivity index (χ4n) is 1.27. The van der Waals surface area contributed by atoms with Crippen LogP contribution in [0.4, 0.5) is 0 Å². The average molecular weight is 242 g/mol. The Hall–Kier alpha value is -1.06. The van der Waals surface area contributed by atoms with E-state index in [0.29, 0.717) is 0 Å². The average Bonchev–Trinajstić information content (AvgIpc) is 2.11. The highest BCUT2D eigenvalue weighted by atomic mass is 16.2. The molecule has 0 aromatic heterocycles. The molecule has 100 valence electrons. The van der Waals surface area contributed by atoms with Gasteiger partial charge in [0, 0.05) is 13.0 Å². The van der Waals surface area contributed by atoms with Crippen LogP contribution in [0.2, 0.25) is 0 Å². The lowest BCUT2D eigenvalue weighted by Gasteiger charge is -2.30. The third-order valence-corrected chi connectivity index (χ3v) is 2.97. The molecule has 0 aliphatic rings. The van der Waals surface area contributed by atoms with Gasteiger partial charge in [0.15, 0.2) is 0 Å². The zero-order chi connectivity index (χ0) is 13.8. The van der Waals surface area contributed by atoms with Crippen LogP contribution in [0.1, 0.15) is 48.5 Å². The number of carbonyl (C=O) groups excluding carboxylic acids is 2. The summed E-state index contributed by atoms with van der Waals surface area (Å²) in [5, 5.41) is 5.64. The van der Waals surface area contributed by atoms with Gasteiger partial charge in [-0.05, 0) is 18.3 Å². The van der Waals surface area contributed by atoms with Gasteiger partial charge in [0.1, 0.15) is 6.04 Å². The highest BCUT2D eigenvalue weighted by Gasteiger charge is 2.27. The largest absolute Gasteiger partial charge is 0.351 e. The molecule has 0 fully saturated rings. The summed E-state index contributed by atoms with van der Waals surface area (Å²) in [5.41, 5.74) is 0.00735. The predicted molar refractivity (Wildman–Crippen MR) is 69.5 cm³/mol. The Morgan fingerprint density at radius 3 is 1.76 bits per heavy atom. The first kappa shape index (κ1) is 15.9. The second-order valence-corrected chi connectivity index (χ2v) is 6.02. The van der Waals surface area contributed by atoms with Gasteiger partial charge in [0.25, 0.3) is 0 Å². The molecule has 0 aliphatic heterocycles. The van der Waals surface area contributed by atoms with E-state index in [1.165, 1.54) is 6.92 Å². The Morgan fingerprint density at radius 1 is 1.00 bits per heavy atom. The van der Waals surface area contributed by atoms with Crippen molar-refractivity contribution in [3.05, 3.63) is 0 Å². The number of amides is 2. The lowest BCUT2D eigenvalue weighted by molar-refractivity contribution is -0.130. The van der Waals surface area contributed by atoms with Crippen molar-refractivity contribution in [1.29, 1.82) is 0 Å². The molecule has 0 aromatic rings. The van der Waals surface area contributed by atoms with E-state index in [0.717, 1.165) is 0 Å². The van der Waals surface area contributed by atoms with Crippen LogP contribution in [0.25, 0.3) is 0 Å². The van der Waals surface area contributed by atoms with Gasteiger partial charge in [-0.1, -0.05) is 34.6 Å². The molecule has 2 unspecified atom stereocenters. The summed E-state index contributed by atoms with van der Waals surface area (Å²) in [7, 11) is 0. The fourth-order valence-corrected chi connectivity index (χ4v) is 1.27. The molecule has 2 atom stereocenters. The van der Waals surface area contributed by atoms with Crippen molar-refractivity contribution in [2.75, 3.05) is 0 Å². The molecule has 2 N–H and O–H groups in total. The Balaban J connectivity index is 4.59. The normalized spacial score (nSPS) is 15.3. The van der Waals surface area contributed by atoms with Gasteiger partial charge in [-0.25, -0.2) is 0 Å². The topological polar surface area (TPSA) is 58.2 Å². The summed E-state index contributed by atoms with van der Waals surface area (Å²) in [6, 6.07) is -0.401. The molecule has 4 heteroatoms. The Labute approximate surface area is 105 Å². The molecular formula is C13H26N2O2. The summed E-state index contributed by atoms with van der Waals surface area (Å²) < 4.78 is 0. The molecule has 0 saturated heterocycles. The zero-order valence-corrected chi connectivity index (χ0v) is 12.0. The van der Waals surface area contributed by atoms with E-state index in [9.17, 15) is 9.59 Å². The third-order valence-electron chi connectivity index (χ3n) is 2.97. The maximum atomic E-state index is 12.1. The van der Waals surface area contributed by atoms with E-state index in [4.69, 9.17) is 0 Å². The summed E-state index contributed by atoms with van der Waals surface area (Å²) in [5.74, 6) is -0.217. The van der Waals surface area contributed by atoms with Crippen molar-refractivity contribution in [2.45, 2.75) is 60.5 Å². The minimum Gasteiger partial charge on any atom is -0.351 e. The van der Waals surface area contributed by atoms with Gasteiger partial charge >= 0.3 is 0 Å². The predicted octanol–water partition coefficient (Wildman–Crippen LogP) is 1.70. The van der Waals surface area contributed by atoms with Crippen LogP contribution >= 0.6 is 0 Å². The van der Waals surface area contributed by atoms with Crippen LogP contribution in [0.15, 0.2) is 0 Å². The first-order chi connectivity index (χ1) is 7.55. The summed E-state index contributed by atoms with van der Waals surface area (Å²) in [6.07, 6.45) is 0. The summed E-state index contributed by atoms with van der Waals surface area (Å²) >= 11 is 0. The maximum absolute atomic E-state index is 12.1. The van der Waals surface area contributed by atoms with Gasteiger partial charge < -0.3 is 10.6 Å². The lowest BCUT2D eigenvalue weighted by atomic mass is 9.87. The van der Waals surface area contributed by atoms with Crippen molar-refractivity contribution >= 4 is 11.8 Å². The van der Waals surface area contributed by atoms with Crippen LogP contribution < -0.4 is 10.6 Å². The third kappa shape index (κ3) is 5.71. The molecule has 0 rings (SSSR count). The van der Waals surface area contributed by atoms with Gasteiger partial charge in [-0.15, -0.1) is 0 Å². The summed E-state index contributed by atoms with van der Waals surface area (Å²) in [4.78, 5) is 23.1. The second kappa shape index (κ2) is 6.03. The molecule has 0 aromatic carbocycles. The first-order valence-corrected chi connectivity index (χ1v) is 6.13. The minimum atomic E-state index is -0.461. The molecule has 0 radical (unpaired) electrons. The second-order valence-electron chi connectivity index (χ2n) is 6.02.